The maximum absolute atomic E-state index is 12.1. The molecule has 0 atom stereocenters. The Morgan fingerprint density at radius 1 is 1.00 bits per heavy atom. The van der Waals surface area contributed by atoms with Crippen molar-refractivity contribution in [2.45, 2.75) is 26.8 Å². The first-order valence-electron chi connectivity index (χ1n) is 9.68. The monoisotopic (exact) mass is 385 g/mol. The average molecular weight is 385 g/mol. The molecule has 0 saturated heterocycles. The molecule has 0 aliphatic carbocycles. The number of rotatable bonds is 5. The summed E-state index contributed by atoms with van der Waals surface area (Å²) in [5, 5.41) is 4.78. The molecule has 0 aliphatic heterocycles. The molecule has 1 aromatic heterocycles. The summed E-state index contributed by atoms with van der Waals surface area (Å²) in [4.78, 5) is 23.7. The highest BCUT2D eigenvalue weighted by Crippen LogP contribution is 2.33. The zero-order valence-electron chi connectivity index (χ0n) is 16.5. The van der Waals surface area contributed by atoms with Crippen LogP contribution in [0, 0.1) is 0 Å². The molecule has 0 radical (unpaired) electrons. The SMILES string of the molecule is CCc1ccc2c3c(C(N)=O)cccc3n(Cc3ccccc3NC(C)=O)c2c1. The van der Waals surface area contributed by atoms with E-state index in [1.54, 1.807) is 6.07 Å². The van der Waals surface area contributed by atoms with Gasteiger partial charge in [0.15, 0.2) is 0 Å². The molecule has 29 heavy (non-hydrogen) atoms. The van der Waals surface area contributed by atoms with Gasteiger partial charge in [-0.3, -0.25) is 9.59 Å². The van der Waals surface area contributed by atoms with Gasteiger partial charge in [-0.05, 0) is 41.8 Å². The number of para-hydroxylation sites is 1. The Morgan fingerprint density at radius 3 is 2.52 bits per heavy atom. The van der Waals surface area contributed by atoms with Crippen LogP contribution in [0.4, 0.5) is 5.69 Å². The van der Waals surface area contributed by atoms with E-state index in [1.165, 1.54) is 12.5 Å². The van der Waals surface area contributed by atoms with Crippen molar-refractivity contribution < 1.29 is 9.59 Å². The summed E-state index contributed by atoms with van der Waals surface area (Å²) in [5.41, 5.74) is 11.2. The second-order valence-corrected chi connectivity index (χ2v) is 7.19. The predicted octanol–water partition coefficient (Wildman–Crippen LogP) is 4.46. The number of nitrogens with zero attached hydrogens (tertiary/aromatic N) is 1. The Morgan fingerprint density at radius 2 is 1.79 bits per heavy atom. The van der Waals surface area contributed by atoms with Crippen LogP contribution in [-0.2, 0) is 17.8 Å². The van der Waals surface area contributed by atoms with Gasteiger partial charge in [-0.1, -0.05) is 43.3 Å². The Labute approximate surface area is 169 Å². The number of carbonyl (C=O) groups is 2. The largest absolute Gasteiger partial charge is 0.366 e. The van der Waals surface area contributed by atoms with Crippen LogP contribution in [0.3, 0.4) is 0 Å². The fourth-order valence-electron chi connectivity index (χ4n) is 3.93. The lowest BCUT2D eigenvalue weighted by Crippen LogP contribution is -2.11. The van der Waals surface area contributed by atoms with Gasteiger partial charge in [0.1, 0.15) is 0 Å². The zero-order valence-corrected chi connectivity index (χ0v) is 16.5. The van der Waals surface area contributed by atoms with E-state index >= 15 is 0 Å². The normalized spacial score (nSPS) is 11.1. The van der Waals surface area contributed by atoms with Crippen LogP contribution in [0.25, 0.3) is 21.8 Å². The van der Waals surface area contributed by atoms with E-state index in [0.29, 0.717) is 12.1 Å². The number of hydrogen-bond donors (Lipinski definition) is 2. The summed E-state index contributed by atoms with van der Waals surface area (Å²) in [6.07, 6.45) is 0.919. The molecule has 0 unspecified atom stereocenters. The molecule has 3 N–H and O–H groups in total. The fourth-order valence-corrected chi connectivity index (χ4v) is 3.93. The van der Waals surface area contributed by atoms with E-state index in [0.717, 1.165) is 39.5 Å². The average Bonchev–Trinajstić information content (AvgIpc) is 3.02. The number of hydrogen-bond acceptors (Lipinski definition) is 2. The first kappa shape index (κ1) is 18.7. The molecule has 4 aromatic rings. The lowest BCUT2D eigenvalue weighted by atomic mass is 10.0. The highest BCUT2D eigenvalue weighted by Gasteiger charge is 2.17. The van der Waals surface area contributed by atoms with Crippen molar-refractivity contribution in [2.75, 3.05) is 5.32 Å². The van der Waals surface area contributed by atoms with Crippen molar-refractivity contribution in [1.29, 1.82) is 0 Å². The minimum absolute atomic E-state index is 0.107. The summed E-state index contributed by atoms with van der Waals surface area (Å²) < 4.78 is 2.19. The summed E-state index contributed by atoms with van der Waals surface area (Å²) >= 11 is 0. The summed E-state index contributed by atoms with van der Waals surface area (Å²) in [5.74, 6) is -0.545. The third-order valence-corrected chi connectivity index (χ3v) is 5.29. The van der Waals surface area contributed by atoms with Crippen molar-refractivity contribution in [3.05, 3.63) is 77.4 Å². The second kappa shape index (κ2) is 7.43. The minimum atomic E-state index is -0.437. The number of nitrogens with one attached hydrogen (secondary N) is 1. The highest BCUT2D eigenvalue weighted by molar-refractivity contribution is 6.18. The van der Waals surface area contributed by atoms with Crippen molar-refractivity contribution >= 4 is 39.3 Å². The first-order chi connectivity index (χ1) is 14.0. The van der Waals surface area contributed by atoms with E-state index in [4.69, 9.17) is 5.73 Å². The molecule has 1 heterocycles. The Balaban J connectivity index is 2.00. The van der Waals surface area contributed by atoms with Crippen molar-refractivity contribution in [3.63, 3.8) is 0 Å². The van der Waals surface area contributed by atoms with E-state index in [-0.39, 0.29) is 5.91 Å². The number of aryl methyl sites for hydroxylation is 1. The highest BCUT2D eigenvalue weighted by atomic mass is 16.1. The van der Waals surface area contributed by atoms with Crippen molar-refractivity contribution in [3.8, 4) is 0 Å². The summed E-state index contributed by atoms with van der Waals surface area (Å²) in [6.45, 7) is 4.19. The van der Waals surface area contributed by atoms with Gasteiger partial charge in [-0.25, -0.2) is 0 Å². The quantitative estimate of drug-likeness (QED) is 0.532. The number of anilines is 1. The smallest absolute Gasteiger partial charge is 0.249 e. The summed E-state index contributed by atoms with van der Waals surface area (Å²) in [7, 11) is 0. The van der Waals surface area contributed by atoms with Crippen LogP contribution >= 0.6 is 0 Å². The molecular formula is C24H23N3O2. The van der Waals surface area contributed by atoms with Crippen LogP contribution in [0.5, 0.6) is 0 Å². The molecule has 0 bridgehead atoms. The van der Waals surface area contributed by atoms with Gasteiger partial charge >= 0.3 is 0 Å². The number of fused-ring (bicyclic) bond motifs is 3. The molecule has 0 saturated carbocycles. The Bertz CT molecular complexity index is 1250. The van der Waals surface area contributed by atoms with E-state index in [1.807, 2.05) is 36.4 Å². The lowest BCUT2D eigenvalue weighted by molar-refractivity contribution is -0.114. The number of benzene rings is 3. The fraction of sp³-hybridized carbons (Fsp3) is 0.167. The van der Waals surface area contributed by atoms with Crippen LogP contribution in [-0.4, -0.2) is 16.4 Å². The van der Waals surface area contributed by atoms with Gasteiger partial charge in [0.25, 0.3) is 0 Å². The zero-order chi connectivity index (χ0) is 20.5. The third-order valence-electron chi connectivity index (χ3n) is 5.29. The van der Waals surface area contributed by atoms with Crippen LogP contribution < -0.4 is 11.1 Å². The second-order valence-electron chi connectivity index (χ2n) is 7.19. The molecule has 4 rings (SSSR count). The van der Waals surface area contributed by atoms with Crippen LogP contribution in [0.1, 0.15) is 35.3 Å². The summed E-state index contributed by atoms with van der Waals surface area (Å²) in [6, 6.07) is 19.7. The molecule has 5 nitrogen and oxygen atoms in total. The number of nitrogens with two attached hydrogens (primary N) is 1. The van der Waals surface area contributed by atoms with E-state index in [2.05, 4.69) is 35.0 Å². The molecule has 0 fully saturated rings. The van der Waals surface area contributed by atoms with Gasteiger partial charge in [0.2, 0.25) is 11.8 Å². The van der Waals surface area contributed by atoms with Gasteiger partial charge < -0.3 is 15.6 Å². The molecule has 5 heteroatoms. The van der Waals surface area contributed by atoms with E-state index in [9.17, 15) is 9.59 Å². The molecule has 146 valence electrons. The number of amides is 2. The van der Waals surface area contributed by atoms with Crippen LogP contribution in [0.15, 0.2) is 60.7 Å². The van der Waals surface area contributed by atoms with E-state index < -0.39 is 5.91 Å². The Hall–Kier alpha value is -3.60. The predicted molar refractivity (Wildman–Crippen MR) is 117 cm³/mol. The van der Waals surface area contributed by atoms with Gasteiger partial charge in [-0.15, -0.1) is 0 Å². The van der Waals surface area contributed by atoms with Gasteiger partial charge in [-0.2, -0.15) is 0 Å². The lowest BCUT2D eigenvalue weighted by Gasteiger charge is -2.13. The van der Waals surface area contributed by atoms with Crippen molar-refractivity contribution in [1.82, 2.24) is 4.57 Å². The molecule has 3 aromatic carbocycles. The maximum atomic E-state index is 12.1. The molecule has 0 aliphatic rings. The standard InChI is InChI=1S/C24H23N3O2/c1-3-16-11-12-18-22(13-16)27(21-10-6-8-19(23(18)21)24(25)29)14-17-7-4-5-9-20(17)26-15(2)28/h4-13H,3,14H2,1-2H3,(H2,25,29)(H,26,28). The first-order valence-corrected chi connectivity index (χ1v) is 9.68. The third kappa shape index (κ3) is 3.36. The van der Waals surface area contributed by atoms with Gasteiger partial charge in [0.05, 0.1) is 12.1 Å². The number of carbonyl (C=O) groups excluding carboxylic acids is 2. The van der Waals surface area contributed by atoms with Gasteiger partial charge in [0, 0.05) is 34.5 Å². The maximum Gasteiger partial charge on any atom is 0.249 e. The topological polar surface area (TPSA) is 77.1 Å². The molecule has 2 amide bonds. The van der Waals surface area contributed by atoms with Crippen molar-refractivity contribution in [2.24, 2.45) is 5.73 Å². The van der Waals surface area contributed by atoms with Crippen LogP contribution in [0.2, 0.25) is 0 Å². The number of aromatic nitrogens is 1. The molecule has 0 spiro atoms. The minimum Gasteiger partial charge on any atom is -0.366 e. The number of primary amides is 1. The Kier molecular flexibility index (Phi) is 4.80. The molecular weight excluding hydrogens is 362 g/mol.